The SMILES string of the molecule is COc1ccc(S(=O)(=O)N2CC(C(=O)NCCOc3cc(C)ccc3C)Oc3ccc(C(C)(C)C)cc32)cc1. The number of ether oxygens (including phenoxy) is 3. The van der Waals surface area contributed by atoms with E-state index in [0.717, 1.165) is 22.4 Å². The van der Waals surface area contributed by atoms with Crippen molar-refractivity contribution in [2.45, 2.75) is 51.0 Å². The number of carbonyl (C=O) groups is 1. The lowest BCUT2D eigenvalue weighted by molar-refractivity contribution is -0.127. The summed E-state index contributed by atoms with van der Waals surface area (Å²) in [6.45, 7) is 10.5. The van der Waals surface area contributed by atoms with E-state index >= 15 is 0 Å². The van der Waals surface area contributed by atoms with Crippen molar-refractivity contribution in [1.82, 2.24) is 5.32 Å². The number of benzene rings is 3. The Kier molecular flexibility index (Phi) is 8.11. The number of aryl methyl sites for hydroxylation is 2. The van der Waals surface area contributed by atoms with E-state index in [2.05, 4.69) is 26.1 Å². The highest BCUT2D eigenvalue weighted by Crippen LogP contribution is 2.40. The lowest BCUT2D eigenvalue weighted by Crippen LogP contribution is -2.51. The fourth-order valence-corrected chi connectivity index (χ4v) is 5.74. The summed E-state index contributed by atoms with van der Waals surface area (Å²) in [7, 11) is -2.49. The van der Waals surface area contributed by atoms with E-state index in [0.29, 0.717) is 17.2 Å². The molecule has 0 aromatic heterocycles. The molecule has 4 rings (SSSR count). The van der Waals surface area contributed by atoms with Crippen LogP contribution in [0.2, 0.25) is 0 Å². The Morgan fingerprint density at radius 2 is 1.77 bits per heavy atom. The van der Waals surface area contributed by atoms with Crippen LogP contribution in [0.3, 0.4) is 0 Å². The molecular weight excluding hydrogens is 516 g/mol. The molecule has 3 aromatic rings. The molecule has 1 heterocycles. The maximum atomic E-state index is 13.8. The monoisotopic (exact) mass is 552 g/mol. The van der Waals surface area contributed by atoms with Crippen LogP contribution >= 0.6 is 0 Å². The predicted octanol–water partition coefficient (Wildman–Crippen LogP) is 4.76. The van der Waals surface area contributed by atoms with Crippen LogP contribution < -0.4 is 23.8 Å². The molecule has 1 aliphatic heterocycles. The van der Waals surface area contributed by atoms with Crippen LogP contribution in [0.1, 0.15) is 37.5 Å². The van der Waals surface area contributed by atoms with Gasteiger partial charge in [-0.05, 0) is 78.4 Å². The lowest BCUT2D eigenvalue weighted by Gasteiger charge is -2.36. The second-order valence-corrected chi connectivity index (χ2v) is 12.5. The Morgan fingerprint density at radius 1 is 1.05 bits per heavy atom. The molecule has 0 radical (unpaired) electrons. The van der Waals surface area contributed by atoms with Gasteiger partial charge in [-0.1, -0.05) is 39.0 Å². The Morgan fingerprint density at radius 3 is 2.44 bits per heavy atom. The average Bonchev–Trinajstić information content (AvgIpc) is 2.91. The number of nitrogens with one attached hydrogen (secondary N) is 1. The van der Waals surface area contributed by atoms with Crippen LogP contribution in [-0.4, -0.2) is 47.2 Å². The number of sulfonamides is 1. The molecule has 1 atom stereocenters. The molecule has 0 bridgehead atoms. The summed E-state index contributed by atoms with van der Waals surface area (Å²) in [6.07, 6.45) is -1.04. The van der Waals surface area contributed by atoms with Crippen LogP contribution in [0.4, 0.5) is 5.69 Å². The van der Waals surface area contributed by atoms with Gasteiger partial charge >= 0.3 is 0 Å². The molecule has 0 aliphatic carbocycles. The quantitative estimate of drug-likeness (QED) is 0.405. The minimum Gasteiger partial charge on any atom is -0.497 e. The van der Waals surface area contributed by atoms with Crippen molar-refractivity contribution in [3.8, 4) is 17.2 Å². The molecule has 1 unspecified atom stereocenters. The van der Waals surface area contributed by atoms with Crippen molar-refractivity contribution >= 4 is 21.6 Å². The van der Waals surface area contributed by atoms with Crippen molar-refractivity contribution in [2.75, 3.05) is 31.1 Å². The van der Waals surface area contributed by atoms with Crippen molar-refractivity contribution in [1.29, 1.82) is 0 Å². The summed E-state index contributed by atoms with van der Waals surface area (Å²) in [4.78, 5) is 13.2. The third kappa shape index (κ3) is 6.30. The van der Waals surface area contributed by atoms with E-state index in [9.17, 15) is 13.2 Å². The van der Waals surface area contributed by atoms with Crippen molar-refractivity contribution in [2.24, 2.45) is 0 Å². The number of carbonyl (C=O) groups excluding carboxylic acids is 1. The zero-order chi connectivity index (χ0) is 28.4. The molecule has 1 N–H and O–H groups in total. The van der Waals surface area contributed by atoms with Gasteiger partial charge < -0.3 is 19.5 Å². The molecule has 8 nitrogen and oxygen atoms in total. The highest BCUT2D eigenvalue weighted by molar-refractivity contribution is 7.92. The first kappa shape index (κ1) is 28.3. The largest absolute Gasteiger partial charge is 0.497 e. The predicted molar refractivity (Wildman–Crippen MR) is 152 cm³/mol. The first-order valence-electron chi connectivity index (χ1n) is 12.9. The van der Waals surface area contributed by atoms with Gasteiger partial charge in [0.15, 0.2) is 6.10 Å². The maximum Gasteiger partial charge on any atom is 0.264 e. The number of hydrogen-bond donors (Lipinski definition) is 1. The number of amides is 1. The molecule has 0 spiro atoms. The molecule has 39 heavy (non-hydrogen) atoms. The van der Waals surface area contributed by atoms with Crippen LogP contribution in [0.5, 0.6) is 17.2 Å². The minimum atomic E-state index is -4.01. The number of rotatable bonds is 8. The van der Waals surface area contributed by atoms with E-state index in [1.807, 2.05) is 44.2 Å². The molecule has 3 aromatic carbocycles. The molecule has 1 aliphatic rings. The lowest BCUT2D eigenvalue weighted by atomic mass is 9.86. The van der Waals surface area contributed by atoms with Crippen molar-refractivity contribution in [3.63, 3.8) is 0 Å². The normalized spacial score (nSPS) is 15.2. The number of hydrogen-bond acceptors (Lipinski definition) is 6. The number of anilines is 1. The van der Waals surface area contributed by atoms with Gasteiger partial charge in [0.1, 0.15) is 23.9 Å². The fourth-order valence-electron chi connectivity index (χ4n) is 4.27. The Balaban J connectivity index is 1.56. The smallest absolute Gasteiger partial charge is 0.264 e. The first-order chi connectivity index (χ1) is 18.4. The van der Waals surface area contributed by atoms with Gasteiger partial charge in [0, 0.05) is 0 Å². The molecule has 1 amide bonds. The van der Waals surface area contributed by atoms with Gasteiger partial charge in [-0.3, -0.25) is 9.10 Å². The van der Waals surface area contributed by atoms with Crippen molar-refractivity contribution < 1.29 is 27.4 Å². The molecule has 9 heteroatoms. The van der Waals surface area contributed by atoms with Crippen LogP contribution in [0, 0.1) is 13.8 Å². The number of fused-ring (bicyclic) bond motifs is 1. The third-order valence-electron chi connectivity index (χ3n) is 6.64. The first-order valence-corrected chi connectivity index (χ1v) is 14.3. The highest BCUT2D eigenvalue weighted by Gasteiger charge is 2.38. The molecule has 0 saturated heterocycles. The van der Waals surface area contributed by atoms with Gasteiger partial charge in [-0.2, -0.15) is 0 Å². The van der Waals surface area contributed by atoms with E-state index < -0.39 is 22.0 Å². The van der Waals surface area contributed by atoms with Crippen LogP contribution in [0.25, 0.3) is 0 Å². The van der Waals surface area contributed by atoms with Gasteiger partial charge in [-0.25, -0.2) is 8.42 Å². The molecule has 0 saturated carbocycles. The van der Waals surface area contributed by atoms with Gasteiger partial charge in [-0.15, -0.1) is 0 Å². The van der Waals surface area contributed by atoms with Gasteiger partial charge in [0.25, 0.3) is 15.9 Å². The Labute approximate surface area is 230 Å². The summed E-state index contributed by atoms with van der Waals surface area (Å²) in [6, 6.07) is 17.6. The average molecular weight is 553 g/mol. The zero-order valence-electron chi connectivity index (χ0n) is 23.3. The topological polar surface area (TPSA) is 94.2 Å². The zero-order valence-corrected chi connectivity index (χ0v) is 24.1. The van der Waals surface area contributed by atoms with E-state index in [-0.39, 0.29) is 30.0 Å². The number of methoxy groups -OCH3 is 1. The highest BCUT2D eigenvalue weighted by atomic mass is 32.2. The van der Waals surface area contributed by atoms with Gasteiger partial charge in [0.2, 0.25) is 0 Å². The van der Waals surface area contributed by atoms with Crippen LogP contribution in [0.15, 0.2) is 65.6 Å². The summed E-state index contributed by atoms with van der Waals surface area (Å²) in [5.74, 6) is 1.23. The Hall–Kier alpha value is -3.72. The van der Waals surface area contributed by atoms with E-state index in [1.165, 1.54) is 23.5 Å². The van der Waals surface area contributed by atoms with E-state index in [4.69, 9.17) is 14.2 Å². The second-order valence-electron chi connectivity index (χ2n) is 10.7. The standard InChI is InChI=1S/C30H36N2O6S/c1-20-7-8-21(2)27(17-20)37-16-15-31-29(33)28-19-32(39(34,35)24-12-10-23(36-6)11-13-24)25-18-22(30(3,4)5)9-14-26(25)38-28/h7-14,17-18,28H,15-16,19H2,1-6H3,(H,31,33). The maximum absolute atomic E-state index is 13.8. The second kappa shape index (κ2) is 11.2. The minimum absolute atomic E-state index is 0.0957. The fraction of sp³-hybridized carbons (Fsp3) is 0.367. The molecule has 0 fully saturated rings. The van der Waals surface area contributed by atoms with Gasteiger partial charge in [0.05, 0.1) is 30.8 Å². The summed E-state index contributed by atoms with van der Waals surface area (Å²) < 4.78 is 46.0. The molecule has 208 valence electrons. The number of nitrogens with zero attached hydrogens (tertiary/aromatic N) is 1. The summed E-state index contributed by atoms with van der Waals surface area (Å²) in [5.41, 5.74) is 3.23. The van der Waals surface area contributed by atoms with E-state index in [1.54, 1.807) is 18.2 Å². The Bertz CT molecular complexity index is 1450. The third-order valence-corrected chi connectivity index (χ3v) is 8.43. The summed E-state index contributed by atoms with van der Waals surface area (Å²) >= 11 is 0. The summed E-state index contributed by atoms with van der Waals surface area (Å²) in [5, 5.41) is 2.82. The van der Waals surface area contributed by atoms with Crippen molar-refractivity contribution in [3.05, 3.63) is 77.4 Å². The van der Waals surface area contributed by atoms with Crippen LogP contribution in [-0.2, 0) is 20.2 Å². The molecular formula is C30H36N2O6S.